The maximum absolute atomic E-state index is 12.4. The zero-order valence-electron chi connectivity index (χ0n) is 16.2. The number of Topliss-reactive ketones (excluding diaryl/α,β-unsaturated/α-hetero) is 2. The largest absolute Gasteiger partial charge is 0.423 e. The number of esters is 1. The van der Waals surface area contributed by atoms with E-state index in [-0.39, 0.29) is 23.4 Å². The van der Waals surface area contributed by atoms with E-state index in [4.69, 9.17) is 4.74 Å². The number of hydrogen-bond donors (Lipinski definition) is 0. The van der Waals surface area contributed by atoms with Gasteiger partial charge in [0.1, 0.15) is 5.75 Å². The Balaban J connectivity index is 2.03. The minimum atomic E-state index is -0.525. The fourth-order valence-electron chi connectivity index (χ4n) is 2.41. The molecular weight excluding hydrogens is 340 g/mol. The molecule has 0 N–H and O–H groups in total. The maximum Gasteiger partial charge on any atom is 0.338 e. The summed E-state index contributed by atoms with van der Waals surface area (Å²) in [7, 11) is 0. The van der Waals surface area contributed by atoms with Crippen LogP contribution in [0.5, 0.6) is 5.75 Å². The van der Waals surface area contributed by atoms with Crippen LogP contribution in [0.15, 0.2) is 60.7 Å². The van der Waals surface area contributed by atoms with Crippen molar-refractivity contribution in [2.24, 2.45) is 0 Å². The fraction of sp³-hybridized carbons (Fsp3) is 0.261. The number of carbonyl (C=O) groups excluding carboxylic acids is 3. The Hall–Kier alpha value is -3.01. The number of ether oxygens (including phenoxy) is 1. The lowest BCUT2D eigenvalue weighted by Gasteiger charge is -2.18. The van der Waals surface area contributed by atoms with Crippen LogP contribution < -0.4 is 4.74 Å². The minimum Gasteiger partial charge on any atom is -0.423 e. The Morgan fingerprint density at radius 2 is 1.30 bits per heavy atom. The summed E-state index contributed by atoms with van der Waals surface area (Å²) in [5.41, 5.74) is 2.34. The Labute approximate surface area is 159 Å². The second kappa shape index (κ2) is 8.12. The molecule has 0 atom stereocenters. The molecule has 0 heterocycles. The van der Waals surface area contributed by atoms with Crippen LogP contribution in [0.3, 0.4) is 0 Å². The number of hydrogen-bond acceptors (Lipinski definition) is 4. The molecule has 0 saturated heterocycles. The van der Waals surface area contributed by atoms with Crippen molar-refractivity contribution in [3.05, 3.63) is 77.4 Å². The third-order valence-electron chi connectivity index (χ3n) is 4.13. The molecule has 2 aromatic carbocycles. The summed E-state index contributed by atoms with van der Waals surface area (Å²) < 4.78 is 5.08. The summed E-state index contributed by atoms with van der Waals surface area (Å²) in [6.45, 7) is 11.4. The zero-order chi connectivity index (χ0) is 20.2. The Morgan fingerprint density at radius 1 is 0.852 bits per heavy atom. The second-order valence-electron chi connectivity index (χ2n) is 7.54. The average molecular weight is 364 g/mol. The third kappa shape index (κ3) is 5.48. The highest BCUT2D eigenvalue weighted by molar-refractivity contribution is 6.13. The molecule has 0 unspecified atom stereocenters. The van der Waals surface area contributed by atoms with Gasteiger partial charge in [-0.3, -0.25) is 9.59 Å². The number of carbonyl (C=O) groups is 3. The quantitative estimate of drug-likeness (QED) is 0.240. The zero-order valence-corrected chi connectivity index (χ0v) is 16.2. The molecule has 0 saturated carbocycles. The highest BCUT2D eigenvalue weighted by Crippen LogP contribution is 2.23. The lowest BCUT2D eigenvalue weighted by atomic mass is 9.86. The van der Waals surface area contributed by atoms with Crippen LogP contribution >= 0.6 is 0 Å². The summed E-state index contributed by atoms with van der Waals surface area (Å²) in [6.07, 6.45) is -0.209. The summed E-state index contributed by atoms with van der Waals surface area (Å²) >= 11 is 0. The fourth-order valence-corrected chi connectivity index (χ4v) is 2.41. The monoisotopic (exact) mass is 364 g/mol. The molecule has 0 bridgehead atoms. The second-order valence-corrected chi connectivity index (χ2v) is 7.54. The van der Waals surface area contributed by atoms with E-state index in [2.05, 4.69) is 27.4 Å². The van der Waals surface area contributed by atoms with E-state index in [9.17, 15) is 14.4 Å². The van der Waals surface area contributed by atoms with Gasteiger partial charge in [-0.2, -0.15) is 0 Å². The first-order valence-electron chi connectivity index (χ1n) is 8.72. The van der Waals surface area contributed by atoms with Crippen LogP contribution in [-0.4, -0.2) is 17.5 Å². The minimum absolute atomic E-state index is 0.00668. The van der Waals surface area contributed by atoms with Gasteiger partial charge in [0.2, 0.25) is 0 Å². The van der Waals surface area contributed by atoms with Gasteiger partial charge >= 0.3 is 5.97 Å². The summed E-state index contributed by atoms with van der Waals surface area (Å²) in [5.74, 6) is -0.706. The van der Waals surface area contributed by atoms with Crippen molar-refractivity contribution in [3.63, 3.8) is 0 Å². The molecule has 2 rings (SSSR count). The standard InChI is InChI=1S/C23H24O4/c1-15(2)22(26)27-19-12-8-17(9-13-19)21(25)14-20(24)16-6-10-18(11-7-16)23(3,4)5/h6-13H,1,14H2,2-5H3. The normalized spacial score (nSPS) is 11.0. The van der Waals surface area contributed by atoms with Gasteiger partial charge in [0.05, 0.1) is 6.42 Å². The SMILES string of the molecule is C=C(C)C(=O)Oc1ccc(C(=O)CC(=O)c2ccc(C(C)(C)C)cc2)cc1. The first-order chi connectivity index (χ1) is 12.6. The van der Waals surface area contributed by atoms with Crippen molar-refractivity contribution in [2.75, 3.05) is 0 Å². The molecule has 0 aliphatic heterocycles. The number of rotatable bonds is 6. The molecule has 0 fully saturated rings. The Morgan fingerprint density at radius 3 is 1.70 bits per heavy atom. The molecule has 140 valence electrons. The average Bonchev–Trinajstić information content (AvgIpc) is 2.61. The van der Waals surface area contributed by atoms with Crippen LogP contribution in [-0.2, 0) is 10.2 Å². The highest BCUT2D eigenvalue weighted by Gasteiger charge is 2.17. The van der Waals surface area contributed by atoms with Gasteiger partial charge in [-0.15, -0.1) is 0 Å². The van der Waals surface area contributed by atoms with Crippen molar-refractivity contribution in [2.45, 2.75) is 39.5 Å². The first kappa shape index (κ1) is 20.3. The molecule has 0 aliphatic rings. The molecule has 2 aromatic rings. The third-order valence-corrected chi connectivity index (χ3v) is 4.13. The van der Waals surface area contributed by atoms with E-state index in [1.807, 2.05) is 12.1 Å². The molecular formula is C23H24O4. The predicted octanol–water partition coefficient (Wildman–Crippen LogP) is 4.92. The van der Waals surface area contributed by atoms with E-state index in [1.165, 1.54) is 12.1 Å². The highest BCUT2D eigenvalue weighted by atomic mass is 16.5. The van der Waals surface area contributed by atoms with Crippen molar-refractivity contribution < 1.29 is 19.1 Å². The van der Waals surface area contributed by atoms with Gasteiger partial charge in [-0.1, -0.05) is 51.6 Å². The summed E-state index contributed by atoms with van der Waals surface area (Å²) in [4.78, 5) is 36.2. The maximum atomic E-state index is 12.4. The van der Waals surface area contributed by atoms with Gasteiger partial charge in [0.25, 0.3) is 0 Å². The lowest BCUT2D eigenvalue weighted by Crippen LogP contribution is -2.12. The van der Waals surface area contributed by atoms with E-state index < -0.39 is 5.97 Å². The molecule has 27 heavy (non-hydrogen) atoms. The van der Waals surface area contributed by atoms with E-state index in [1.54, 1.807) is 31.2 Å². The van der Waals surface area contributed by atoms with Gasteiger partial charge in [0, 0.05) is 16.7 Å². The molecule has 0 spiro atoms. The van der Waals surface area contributed by atoms with Crippen LogP contribution in [0.4, 0.5) is 0 Å². The molecule has 4 heteroatoms. The molecule has 0 amide bonds. The molecule has 0 aromatic heterocycles. The van der Waals surface area contributed by atoms with Crippen LogP contribution in [0, 0.1) is 0 Å². The topological polar surface area (TPSA) is 60.4 Å². The van der Waals surface area contributed by atoms with Gasteiger partial charge in [-0.25, -0.2) is 4.79 Å². The number of benzene rings is 2. The van der Waals surface area contributed by atoms with Gasteiger partial charge in [0.15, 0.2) is 11.6 Å². The van der Waals surface area contributed by atoms with Crippen LogP contribution in [0.2, 0.25) is 0 Å². The number of ketones is 2. The van der Waals surface area contributed by atoms with Crippen molar-refractivity contribution in [1.82, 2.24) is 0 Å². The molecule has 4 nitrogen and oxygen atoms in total. The predicted molar refractivity (Wildman–Crippen MR) is 105 cm³/mol. The van der Waals surface area contributed by atoms with E-state index in [0.29, 0.717) is 22.4 Å². The van der Waals surface area contributed by atoms with Gasteiger partial charge < -0.3 is 4.74 Å². The molecule has 0 radical (unpaired) electrons. The van der Waals surface area contributed by atoms with Crippen molar-refractivity contribution in [1.29, 1.82) is 0 Å². The summed E-state index contributed by atoms with van der Waals surface area (Å²) in [6, 6.07) is 13.5. The Kier molecular flexibility index (Phi) is 6.11. The summed E-state index contributed by atoms with van der Waals surface area (Å²) in [5, 5.41) is 0. The van der Waals surface area contributed by atoms with E-state index >= 15 is 0 Å². The lowest BCUT2D eigenvalue weighted by molar-refractivity contribution is -0.130. The van der Waals surface area contributed by atoms with Crippen molar-refractivity contribution in [3.8, 4) is 5.75 Å². The van der Waals surface area contributed by atoms with Gasteiger partial charge in [-0.05, 0) is 42.2 Å². The van der Waals surface area contributed by atoms with Crippen LogP contribution in [0.1, 0.15) is 60.4 Å². The smallest absolute Gasteiger partial charge is 0.338 e. The van der Waals surface area contributed by atoms with Crippen molar-refractivity contribution >= 4 is 17.5 Å². The van der Waals surface area contributed by atoms with Crippen LogP contribution in [0.25, 0.3) is 0 Å². The Bertz CT molecular complexity index is 866. The van der Waals surface area contributed by atoms with E-state index in [0.717, 1.165) is 5.56 Å². The first-order valence-corrected chi connectivity index (χ1v) is 8.72. The molecule has 0 aliphatic carbocycles.